The van der Waals surface area contributed by atoms with Gasteiger partial charge in [0.25, 0.3) is 0 Å². The normalized spacial score (nSPS) is 11.0. The largest absolute Gasteiger partial charge is 0.264 e. The zero-order chi connectivity index (χ0) is 36.1. The highest BCUT2D eigenvalue weighted by atomic mass is 15.0. The van der Waals surface area contributed by atoms with Crippen molar-refractivity contribution in [2.45, 2.75) is 0 Å². The first-order chi connectivity index (χ1) is 26.7. The van der Waals surface area contributed by atoms with Crippen LogP contribution in [0.15, 0.2) is 194 Å². The molecule has 0 saturated heterocycles. The van der Waals surface area contributed by atoms with Crippen LogP contribution in [0.5, 0.6) is 0 Å². The Labute approximate surface area is 313 Å². The van der Waals surface area contributed by atoms with Crippen LogP contribution in [-0.2, 0) is 0 Å². The maximum atomic E-state index is 5.14. The number of nitrogens with zero attached hydrogens (tertiary/aromatic N) is 6. The number of aromatic nitrogens is 6. The zero-order valence-corrected chi connectivity index (χ0v) is 29.2. The molecular formula is C48H32N6. The van der Waals surface area contributed by atoms with Crippen molar-refractivity contribution >= 4 is 0 Å². The molecule has 0 spiro atoms. The molecule has 0 bridgehead atoms. The van der Waals surface area contributed by atoms with Gasteiger partial charge in [0.2, 0.25) is 0 Å². The molecule has 0 unspecified atom stereocenters. The third-order valence-corrected chi connectivity index (χ3v) is 9.25. The van der Waals surface area contributed by atoms with Crippen LogP contribution in [0.4, 0.5) is 0 Å². The molecule has 0 N–H and O–H groups in total. The molecule has 0 fully saturated rings. The van der Waals surface area contributed by atoms with Gasteiger partial charge in [0, 0.05) is 51.3 Å². The van der Waals surface area contributed by atoms with Gasteiger partial charge in [-0.1, -0.05) is 158 Å². The minimum atomic E-state index is 0.623. The number of hydrogen-bond acceptors (Lipinski definition) is 6. The van der Waals surface area contributed by atoms with E-state index in [-0.39, 0.29) is 0 Å². The summed E-state index contributed by atoms with van der Waals surface area (Å²) in [7, 11) is 0. The Bertz CT molecular complexity index is 2630. The summed E-state index contributed by atoms with van der Waals surface area (Å²) in [5.74, 6) is 2.56. The molecule has 0 aliphatic rings. The first-order valence-electron chi connectivity index (χ1n) is 17.8. The summed E-state index contributed by atoms with van der Waals surface area (Å²) in [6, 6.07) is 61.6. The summed E-state index contributed by atoms with van der Waals surface area (Å²) in [5.41, 5.74) is 11.7. The molecule has 3 aromatic heterocycles. The molecule has 9 aromatic rings. The molecule has 0 radical (unpaired) electrons. The molecule has 0 aliphatic heterocycles. The summed E-state index contributed by atoms with van der Waals surface area (Å²) in [6.07, 6.45) is 3.66. The third kappa shape index (κ3) is 6.92. The van der Waals surface area contributed by atoms with Crippen LogP contribution in [0.1, 0.15) is 0 Å². The molecule has 54 heavy (non-hydrogen) atoms. The highest BCUT2D eigenvalue weighted by Crippen LogP contribution is 2.33. The summed E-state index contributed by atoms with van der Waals surface area (Å²) in [5, 5.41) is 0. The molecule has 0 amide bonds. The van der Waals surface area contributed by atoms with Crippen molar-refractivity contribution in [2.24, 2.45) is 0 Å². The first-order valence-corrected chi connectivity index (χ1v) is 17.8. The molecular weight excluding hydrogens is 661 g/mol. The minimum Gasteiger partial charge on any atom is -0.264 e. The Morgan fingerprint density at radius 1 is 0.241 bits per heavy atom. The highest BCUT2D eigenvalue weighted by molar-refractivity contribution is 5.78. The summed E-state index contributed by atoms with van der Waals surface area (Å²) < 4.78 is 0. The first kappa shape index (κ1) is 32.5. The van der Waals surface area contributed by atoms with Crippen molar-refractivity contribution in [3.63, 3.8) is 0 Å². The molecule has 9 rings (SSSR count). The highest BCUT2D eigenvalue weighted by Gasteiger charge is 2.14. The van der Waals surface area contributed by atoms with Crippen LogP contribution < -0.4 is 0 Å². The van der Waals surface area contributed by atoms with E-state index in [1.165, 1.54) is 0 Å². The van der Waals surface area contributed by atoms with Gasteiger partial charge in [0.1, 0.15) is 0 Å². The molecule has 3 heterocycles. The average Bonchev–Trinajstić information content (AvgIpc) is 3.27. The number of hydrogen-bond donors (Lipinski definition) is 0. The summed E-state index contributed by atoms with van der Waals surface area (Å²) in [4.78, 5) is 29.2. The predicted octanol–water partition coefficient (Wildman–Crippen LogP) is 11.4. The Hall–Kier alpha value is -7.44. The fourth-order valence-electron chi connectivity index (χ4n) is 6.46. The van der Waals surface area contributed by atoms with Gasteiger partial charge in [-0.25, -0.2) is 24.9 Å². The number of rotatable bonds is 8. The van der Waals surface area contributed by atoms with Crippen LogP contribution in [0, 0.1) is 0 Å². The fraction of sp³-hybridized carbons (Fsp3) is 0. The molecule has 6 aromatic carbocycles. The van der Waals surface area contributed by atoms with Gasteiger partial charge in [-0.3, -0.25) is 4.98 Å². The van der Waals surface area contributed by atoms with E-state index >= 15 is 0 Å². The SMILES string of the molecule is c1ccc(-c2cc(-c3cccc(-c4ccc(-c5nc(-c6ccccc6)nc(-c6ccccc6)n5)cc4)c3)nc(-c3cccc(-c4cccnc4)c3)n2)cc1. The van der Waals surface area contributed by atoms with Crippen LogP contribution in [-0.4, -0.2) is 29.9 Å². The number of pyridine rings is 1. The van der Waals surface area contributed by atoms with Crippen molar-refractivity contribution < 1.29 is 0 Å². The predicted molar refractivity (Wildman–Crippen MR) is 217 cm³/mol. The smallest absolute Gasteiger partial charge is 0.164 e. The van der Waals surface area contributed by atoms with Crippen LogP contribution in [0.3, 0.4) is 0 Å². The van der Waals surface area contributed by atoms with Gasteiger partial charge in [-0.05, 0) is 41.0 Å². The van der Waals surface area contributed by atoms with Gasteiger partial charge in [-0.15, -0.1) is 0 Å². The number of benzene rings is 6. The van der Waals surface area contributed by atoms with Crippen LogP contribution in [0.25, 0.3) is 90.3 Å². The topological polar surface area (TPSA) is 77.3 Å². The summed E-state index contributed by atoms with van der Waals surface area (Å²) >= 11 is 0. The Balaban J connectivity index is 1.08. The Morgan fingerprint density at radius 3 is 1.22 bits per heavy atom. The maximum absolute atomic E-state index is 5.14. The van der Waals surface area contributed by atoms with Crippen LogP contribution in [0.2, 0.25) is 0 Å². The Morgan fingerprint density at radius 2 is 0.648 bits per heavy atom. The van der Waals surface area contributed by atoms with E-state index in [9.17, 15) is 0 Å². The molecule has 0 saturated carbocycles. The van der Waals surface area contributed by atoms with Crippen molar-refractivity contribution in [3.8, 4) is 90.3 Å². The monoisotopic (exact) mass is 692 g/mol. The second kappa shape index (κ2) is 14.7. The van der Waals surface area contributed by atoms with E-state index in [1.807, 2.05) is 97.2 Å². The second-order valence-corrected chi connectivity index (χ2v) is 12.8. The van der Waals surface area contributed by atoms with Crippen molar-refractivity contribution in [3.05, 3.63) is 194 Å². The molecule has 254 valence electrons. The van der Waals surface area contributed by atoms with Crippen molar-refractivity contribution in [1.82, 2.24) is 29.9 Å². The van der Waals surface area contributed by atoms with E-state index in [1.54, 1.807) is 6.20 Å². The lowest BCUT2D eigenvalue weighted by Gasteiger charge is -2.12. The van der Waals surface area contributed by atoms with Crippen molar-refractivity contribution in [2.75, 3.05) is 0 Å². The molecule has 0 atom stereocenters. The van der Waals surface area contributed by atoms with E-state index in [4.69, 9.17) is 24.9 Å². The van der Waals surface area contributed by atoms with E-state index in [2.05, 4.69) is 96.0 Å². The molecule has 0 aliphatic carbocycles. The minimum absolute atomic E-state index is 0.623. The fourth-order valence-corrected chi connectivity index (χ4v) is 6.46. The van der Waals surface area contributed by atoms with Gasteiger partial charge in [-0.2, -0.15) is 0 Å². The second-order valence-electron chi connectivity index (χ2n) is 12.8. The standard InChI is InChI=1S/C48H32N6/c1-4-13-34(14-5-1)43-31-44(51-48(50-43)41-22-11-20-39(30-41)42-23-12-28-49-32-42)40-21-10-19-38(29-40)33-24-26-37(27-25-33)47-53-45(35-15-6-2-7-16-35)52-46(54-47)36-17-8-3-9-18-36/h1-32H. The lowest BCUT2D eigenvalue weighted by molar-refractivity contribution is 1.07. The van der Waals surface area contributed by atoms with Crippen LogP contribution >= 0.6 is 0 Å². The molecule has 6 heteroatoms. The third-order valence-electron chi connectivity index (χ3n) is 9.25. The van der Waals surface area contributed by atoms with Crippen molar-refractivity contribution in [1.29, 1.82) is 0 Å². The summed E-state index contributed by atoms with van der Waals surface area (Å²) in [6.45, 7) is 0. The van der Waals surface area contributed by atoms with Gasteiger partial charge in [0.15, 0.2) is 23.3 Å². The average molecular weight is 693 g/mol. The Kier molecular flexibility index (Phi) is 8.81. The van der Waals surface area contributed by atoms with Gasteiger partial charge in [0.05, 0.1) is 11.4 Å². The lowest BCUT2D eigenvalue weighted by atomic mass is 9.99. The zero-order valence-electron chi connectivity index (χ0n) is 29.2. The molecule has 6 nitrogen and oxygen atoms in total. The lowest BCUT2D eigenvalue weighted by Crippen LogP contribution is -2.00. The van der Waals surface area contributed by atoms with Gasteiger partial charge >= 0.3 is 0 Å². The van der Waals surface area contributed by atoms with E-state index < -0.39 is 0 Å². The van der Waals surface area contributed by atoms with E-state index in [0.717, 1.165) is 67.0 Å². The van der Waals surface area contributed by atoms with E-state index in [0.29, 0.717) is 23.3 Å². The van der Waals surface area contributed by atoms with Gasteiger partial charge < -0.3 is 0 Å². The quantitative estimate of drug-likeness (QED) is 0.158. The maximum Gasteiger partial charge on any atom is 0.164 e.